The summed E-state index contributed by atoms with van der Waals surface area (Å²) >= 11 is 0. The number of rotatable bonds is 5. The molecule has 0 spiro atoms. The summed E-state index contributed by atoms with van der Waals surface area (Å²) < 4.78 is 0. The van der Waals surface area contributed by atoms with E-state index < -0.39 is 0 Å². The van der Waals surface area contributed by atoms with Crippen LogP contribution in [0.4, 0.5) is 11.4 Å². The van der Waals surface area contributed by atoms with Gasteiger partial charge in [0.05, 0.1) is 16.0 Å². The summed E-state index contributed by atoms with van der Waals surface area (Å²) in [5.74, 6) is 0. The van der Waals surface area contributed by atoms with Crippen LogP contribution in [0.2, 0.25) is 0 Å². The minimum absolute atomic E-state index is 0.0964. The van der Waals surface area contributed by atoms with E-state index in [0.717, 1.165) is 25.1 Å². The molecule has 5 heteroatoms. The molecule has 5 nitrogen and oxygen atoms in total. The molecular weight excluding hydrogens is 230 g/mol. The van der Waals surface area contributed by atoms with Gasteiger partial charge in [0.25, 0.3) is 5.69 Å². The first-order valence-corrected chi connectivity index (χ1v) is 6.00. The quantitative estimate of drug-likeness (QED) is 0.498. The lowest BCUT2D eigenvalue weighted by molar-refractivity contribution is -0.383. The fraction of sp³-hybridized carbons (Fsp3) is 0.308. The van der Waals surface area contributed by atoms with E-state index in [0.29, 0.717) is 10.9 Å². The average Bonchev–Trinajstić information content (AvgIpc) is 2.38. The standard InChI is InChI=1S/C13H15N3O2/c1-2-3-8-14-11-6-7-12(16(17)18)10-5-4-9-15-13(10)11/h4-7,9,14H,2-3,8H2,1H3. The van der Waals surface area contributed by atoms with Gasteiger partial charge in [-0.2, -0.15) is 0 Å². The molecule has 2 rings (SSSR count). The van der Waals surface area contributed by atoms with Crippen LogP contribution in [0.5, 0.6) is 0 Å². The number of hydrogen-bond donors (Lipinski definition) is 1. The van der Waals surface area contributed by atoms with Crippen molar-refractivity contribution in [2.75, 3.05) is 11.9 Å². The van der Waals surface area contributed by atoms with Crippen LogP contribution < -0.4 is 5.32 Å². The monoisotopic (exact) mass is 245 g/mol. The fourth-order valence-electron chi connectivity index (χ4n) is 1.86. The number of aromatic nitrogens is 1. The van der Waals surface area contributed by atoms with Crippen LogP contribution in [0.15, 0.2) is 30.5 Å². The van der Waals surface area contributed by atoms with Gasteiger partial charge in [-0.1, -0.05) is 13.3 Å². The third-order valence-electron chi connectivity index (χ3n) is 2.79. The number of fused-ring (bicyclic) bond motifs is 1. The van der Waals surface area contributed by atoms with Crippen LogP contribution in [0.25, 0.3) is 10.9 Å². The molecule has 1 heterocycles. The highest BCUT2D eigenvalue weighted by molar-refractivity contribution is 5.96. The number of nitro groups is 1. The molecule has 0 aliphatic carbocycles. The Hall–Kier alpha value is -2.17. The molecule has 94 valence electrons. The van der Waals surface area contributed by atoms with Crippen molar-refractivity contribution < 1.29 is 4.92 Å². The van der Waals surface area contributed by atoms with Gasteiger partial charge < -0.3 is 5.32 Å². The van der Waals surface area contributed by atoms with Crippen molar-refractivity contribution in [1.82, 2.24) is 4.98 Å². The summed E-state index contributed by atoms with van der Waals surface area (Å²) in [7, 11) is 0. The largest absolute Gasteiger partial charge is 0.383 e. The lowest BCUT2D eigenvalue weighted by atomic mass is 10.1. The normalized spacial score (nSPS) is 10.5. The summed E-state index contributed by atoms with van der Waals surface area (Å²) in [5, 5.41) is 14.8. The first-order chi connectivity index (χ1) is 8.74. The fourth-order valence-corrected chi connectivity index (χ4v) is 1.86. The second-order valence-electron chi connectivity index (χ2n) is 4.07. The van der Waals surface area contributed by atoms with Crippen LogP contribution in [0.1, 0.15) is 19.8 Å². The van der Waals surface area contributed by atoms with E-state index >= 15 is 0 Å². The third-order valence-corrected chi connectivity index (χ3v) is 2.79. The van der Waals surface area contributed by atoms with E-state index in [4.69, 9.17) is 0 Å². The van der Waals surface area contributed by atoms with Gasteiger partial charge in [0.15, 0.2) is 0 Å². The Morgan fingerprint density at radius 2 is 2.22 bits per heavy atom. The molecular formula is C13H15N3O2. The minimum Gasteiger partial charge on any atom is -0.383 e. The van der Waals surface area contributed by atoms with E-state index in [2.05, 4.69) is 17.2 Å². The lowest BCUT2D eigenvalue weighted by Crippen LogP contribution is -2.02. The number of benzene rings is 1. The molecule has 0 saturated heterocycles. The first kappa shape index (κ1) is 12.3. The summed E-state index contributed by atoms with van der Waals surface area (Å²) in [6.07, 6.45) is 3.81. The number of non-ortho nitro benzene ring substituents is 1. The van der Waals surface area contributed by atoms with Crippen molar-refractivity contribution in [3.8, 4) is 0 Å². The van der Waals surface area contributed by atoms with Gasteiger partial charge in [-0.05, 0) is 24.6 Å². The zero-order chi connectivity index (χ0) is 13.0. The summed E-state index contributed by atoms with van der Waals surface area (Å²) in [6.45, 7) is 2.97. The number of pyridine rings is 1. The minimum atomic E-state index is -0.375. The van der Waals surface area contributed by atoms with Crippen LogP contribution in [0.3, 0.4) is 0 Å². The zero-order valence-corrected chi connectivity index (χ0v) is 10.2. The Morgan fingerprint density at radius 3 is 2.94 bits per heavy atom. The highest BCUT2D eigenvalue weighted by Gasteiger charge is 2.14. The topological polar surface area (TPSA) is 68.1 Å². The van der Waals surface area contributed by atoms with E-state index in [1.807, 2.05) is 0 Å². The molecule has 1 N–H and O–H groups in total. The average molecular weight is 245 g/mol. The number of nitrogens with zero attached hydrogens (tertiary/aromatic N) is 2. The summed E-state index contributed by atoms with van der Waals surface area (Å²) in [5.41, 5.74) is 1.60. The van der Waals surface area contributed by atoms with Gasteiger partial charge >= 0.3 is 0 Å². The Morgan fingerprint density at radius 1 is 1.39 bits per heavy atom. The van der Waals surface area contributed by atoms with Crippen molar-refractivity contribution in [3.63, 3.8) is 0 Å². The molecule has 0 atom stereocenters. The zero-order valence-electron chi connectivity index (χ0n) is 10.2. The Labute approximate surface area is 105 Å². The molecule has 1 aromatic carbocycles. The maximum atomic E-state index is 10.9. The second-order valence-corrected chi connectivity index (χ2v) is 4.07. The van der Waals surface area contributed by atoms with Crippen LogP contribution in [0, 0.1) is 10.1 Å². The molecule has 0 unspecified atom stereocenters. The molecule has 0 amide bonds. The van der Waals surface area contributed by atoms with Crippen molar-refractivity contribution in [1.29, 1.82) is 0 Å². The maximum absolute atomic E-state index is 10.9. The van der Waals surface area contributed by atoms with E-state index in [-0.39, 0.29) is 10.6 Å². The predicted octanol–water partition coefficient (Wildman–Crippen LogP) is 3.36. The van der Waals surface area contributed by atoms with Gasteiger partial charge in [-0.3, -0.25) is 15.1 Å². The van der Waals surface area contributed by atoms with Crippen LogP contribution >= 0.6 is 0 Å². The maximum Gasteiger partial charge on any atom is 0.278 e. The second kappa shape index (κ2) is 5.44. The Bertz CT molecular complexity index is 569. The van der Waals surface area contributed by atoms with Crippen LogP contribution in [-0.4, -0.2) is 16.5 Å². The lowest BCUT2D eigenvalue weighted by Gasteiger charge is -2.08. The highest BCUT2D eigenvalue weighted by Crippen LogP contribution is 2.29. The van der Waals surface area contributed by atoms with Crippen molar-refractivity contribution in [2.45, 2.75) is 19.8 Å². The molecule has 0 aliphatic heterocycles. The molecule has 0 aliphatic rings. The number of unbranched alkanes of at least 4 members (excludes halogenated alkanes) is 1. The molecule has 18 heavy (non-hydrogen) atoms. The number of hydrogen-bond acceptors (Lipinski definition) is 4. The molecule has 0 radical (unpaired) electrons. The van der Waals surface area contributed by atoms with Crippen molar-refractivity contribution in [2.24, 2.45) is 0 Å². The summed E-state index contributed by atoms with van der Waals surface area (Å²) in [6, 6.07) is 6.69. The van der Waals surface area contributed by atoms with Gasteiger partial charge in [0, 0.05) is 18.8 Å². The third kappa shape index (κ3) is 2.40. The highest BCUT2D eigenvalue weighted by atomic mass is 16.6. The Kier molecular flexibility index (Phi) is 3.72. The molecule has 0 fully saturated rings. The Balaban J connectivity index is 2.44. The predicted molar refractivity (Wildman–Crippen MR) is 71.8 cm³/mol. The van der Waals surface area contributed by atoms with Crippen LogP contribution in [-0.2, 0) is 0 Å². The molecule has 0 saturated carbocycles. The number of nitro benzene ring substituents is 1. The first-order valence-electron chi connectivity index (χ1n) is 6.00. The molecule has 2 aromatic rings. The molecule has 0 bridgehead atoms. The van der Waals surface area contributed by atoms with Crippen molar-refractivity contribution in [3.05, 3.63) is 40.6 Å². The van der Waals surface area contributed by atoms with Gasteiger partial charge in [0.1, 0.15) is 5.52 Å². The van der Waals surface area contributed by atoms with Gasteiger partial charge in [-0.25, -0.2) is 0 Å². The SMILES string of the molecule is CCCCNc1ccc([N+](=O)[O-])c2cccnc12. The smallest absolute Gasteiger partial charge is 0.278 e. The van der Waals surface area contributed by atoms with E-state index in [1.54, 1.807) is 24.4 Å². The van der Waals surface area contributed by atoms with Gasteiger partial charge in [-0.15, -0.1) is 0 Å². The van der Waals surface area contributed by atoms with E-state index in [9.17, 15) is 10.1 Å². The van der Waals surface area contributed by atoms with E-state index in [1.165, 1.54) is 6.07 Å². The van der Waals surface area contributed by atoms with Crippen molar-refractivity contribution >= 4 is 22.3 Å². The number of nitrogens with one attached hydrogen (secondary N) is 1. The number of anilines is 1. The molecule has 1 aromatic heterocycles. The van der Waals surface area contributed by atoms with Gasteiger partial charge in [0.2, 0.25) is 0 Å². The summed E-state index contributed by atoms with van der Waals surface area (Å²) in [4.78, 5) is 14.8.